The summed E-state index contributed by atoms with van der Waals surface area (Å²) in [6.07, 6.45) is 9.16. The van der Waals surface area contributed by atoms with Crippen molar-refractivity contribution < 1.29 is 20.1 Å². The van der Waals surface area contributed by atoms with Crippen LogP contribution in [0.3, 0.4) is 0 Å². The van der Waals surface area contributed by atoms with Gasteiger partial charge in [-0.15, -0.1) is 0 Å². The van der Waals surface area contributed by atoms with Crippen LogP contribution in [0.15, 0.2) is 0 Å². The summed E-state index contributed by atoms with van der Waals surface area (Å²) in [5.74, 6) is 2.61. The van der Waals surface area contributed by atoms with Gasteiger partial charge in [0, 0.05) is 6.42 Å². The minimum atomic E-state index is -0.677. The highest BCUT2D eigenvalue weighted by atomic mass is 16.4. The first-order valence-corrected chi connectivity index (χ1v) is 11.7. The molecule has 0 spiro atoms. The number of carbonyl (C=O) groups is 1. The second-order valence-corrected chi connectivity index (χ2v) is 11.4. The van der Waals surface area contributed by atoms with Crippen molar-refractivity contribution >= 4 is 5.97 Å². The van der Waals surface area contributed by atoms with Crippen LogP contribution in [0, 0.1) is 46.3 Å². The third-order valence-corrected chi connectivity index (χ3v) is 10.2. The fraction of sp³-hybridized carbons (Fsp3) is 0.958. The molecule has 0 heterocycles. The molecule has 4 aliphatic carbocycles. The standard InChI is InChI=1S/C24H40O4/c1-14(4-7-22(27)28)17-5-6-18-16-13-21(26)20-12-15(25)8-10-24(20,3)19(16)9-11-23(17,18)2/h14-21,25-26H,4-13H2,1-3H3,(H,27,28)/t14-,15-,16+,17-,18+,19?,20+,21+,23-,24-/m1/s1. The first kappa shape index (κ1) is 20.7. The van der Waals surface area contributed by atoms with Gasteiger partial charge in [0.1, 0.15) is 0 Å². The molecule has 0 aliphatic heterocycles. The van der Waals surface area contributed by atoms with Gasteiger partial charge in [-0.25, -0.2) is 0 Å². The van der Waals surface area contributed by atoms with Gasteiger partial charge >= 0.3 is 5.97 Å². The smallest absolute Gasteiger partial charge is 0.303 e. The Bertz CT molecular complexity index is 605. The molecule has 4 rings (SSSR count). The van der Waals surface area contributed by atoms with E-state index in [1.54, 1.807) is 0 Å². The second-order valence-electron chi connectivity index (χ2n) is 11.4. The largest absolute Gasteiger partial charge is 0.481 e. The summed E-state index contributed by atoms with van der Waals surface area (Å²) in [7, 11) is 0. The molecule has 4 heteroatoms. The topological polar surface area (TPSA) is 77.8 Å². The van der Waals surface area contributed by atoms with E-state index in [9.17, 15) is 15.0 Å². The van der Waals surface area contributed by atoms with E-state index < -0.39 is 5.97 Å². The number of carboxylic acid groups (broad SMARTS) is 1. The van der Waals surface area contributed by atoms with Gasteiger partial charge in [0.15, 0.2) is 0 Å². The van der Waals surface area contributed by atoms with E-state index in [0.717, 1.165) is 32.1 Å². The Morgan fingerprint density at radius 3 is 2.36 bits per heavy atom. The van der Waals surface area contributed by atoms with E-state index in [4.69, 9.17) is 5.11 Å². The fourth-order valence-corrected chi connectivity index (χ4v) is 8.81. The van der Waals surface area contributed by atoms with Gasteiger partial charge in [-0.2, -0.15) is 0 Å². The summed E-state index contributed by atoms with van der Waals surface area (Å²) in [6, 6.07) is 0. The molecule has 0 aromatic rings. The molecule has 4 saturated carbocycles. The minimum absolute atomic E-state index is 0.176. The lowest BCUT2D eigenvalue weighted by Crippen LogP contribution is -2.58. The molecule has 10 atom stereocenters. The Morgan fingerprint density at radius 2 is 1.64 bits per heavy atom. The van der Waals surface area contributed by atoms with Crippen molar-refractivity contribution in [3.05, 3.63) is 0 Å². The molecule has 0 bridgehead atoms. The van der Waals surface area contributed by atoms with E-state index in [-0.39, 0.29) is 30.0 Å². The van der Waals surface area contributed by atoms with Gasteiger partial charge in [0.05, 0.1) is 12.2 Å². The fourth-order valence-electron chi connectivity index (χ4n) is 8.81. The van der Waals surface area contributed by atoms with E-state index >= 15 is 0 Å². The number of hydrogen-bond donors (Lipinski definition) is 3. The Kier molecular flexibility index (Phi) is 5.36. The minimum Gasteiger partial charge on any atom is -0.481 e. The molecule has 0 aromatic carbocycles. The molecule has 0 radical (unpaired) electrons. The van der Waals surface area contributed by atoms with Crippen LogP contribution in [0.1, 0.15) is 85.0 Å². The van der Waals surface area contributed by atoms with E-state index in [1.165, 1.54) is 25.7 Å². The predicted octanol–water partition coefficient (Wildman–Crippen LogP) is 4.48. The summed E-state index contributed by atoms with van der Waals surface area (Å²) in [5.41, 5.74) is 0.478. The molecule has 3 N–H and O–H groups in total. The monoisotopic (exact) mass is 392 g/mol. The van der Waals surface area contributed by atoms with Crippen LogP contribution in [-0.4, -0.2) is 33.5 Å². The number of aliphatic carboxylic acids is 1. The molecule has 28 heavy (non-hydrogen) atoms. The molecule has 0 aromatic heterocycles. The number of aliphatic hydroxyl groups excluding tert-OH is 2. The van der Waals surface area contributed by atoms with Crippen LogP contribution in [0.25, 0.3) is 0 Å². The molecule has 4 aliphatic rings. The predicted molar refractivity (Wildman–Crippen MR) is 109 cm³/mol. The van der Waals surface area contributed by atoms with Gasteiger partial charge in [-0.3, -0.25) is 4.79 Å². The zero-order chi connectivity index (χ0) is 20.3. The lowest BCUT2D eigenvalue weighted by molar-refractivity contribution is -0.172. The van der Waals surface area contributed by atoms with Crippen LogP contribution in [0.5, 0.6) is 0 Å². The zero-order valence-corrected chi connectivity index (χ0v) is 17.9. The first-order valence-electron chi connectivity index (χ1n) is 11.7. The lowest BCUT2D eigenvalue weighted by atomic mass is 9.44. The lowest BCUT2D eigenvalue weighted by Gasteiger charge is -2.62. The molecule has 0 saturated heterocycles. The summed E-state index contributed by atoms with van der Waals surface area (Å²) in [6.45, 7) is 7.16. The first-order chi connectivity index (χ1) is 13.2. The summed E-state index contributed by atoms with van der Waals surface area (Å²) >= 11 is 0. The highest BCUT2D eigenvalue weighted by Gasteiger charge is 2.62. The van der Waals surface area contributed by atoms with Gasteiger partial charge in [0.2, 0.25) is 0 Å². The Labute approximate surface area is 170 Å². The van der Waals surface area contributed by atoms with Crippen LogP contribution < -0.4 is 0 Å². The van der Waals surface area contributed by atoms with Crippen molar-refractivity contribution in [2.24, 2.45) is 46.3 Å². The van der Waals surface area contributed by atoms with Crippen molar-refractivity contribution in [2.45, 2.75) is 97.2 Å². The average Bonchev–Trinajstić information content (AvgIpc) is 2.99. The third kappa shape index (κ3) is 3.14. The number of aliphatic hydroxyl groups is 2. The quantitative estimate of drug-likeness (QED) is 0.659. The van der Waals surface area contributed by atoms with E-state index in [1.807, 2.05) is 0 Å². The Morgan fingerprint density at radius 1 is 0.964 bits per heavy atom. The van der Waals surface area contributed by atoms with Gasteiger partial charge < -0.3 is 15.3 Å². The van der Waals surface area contributed by atoms with Gasteiger partial charge in [-0.05, 0) is 104 Å². The number of fused-ring (bicyclic) bond motifs is 5. The molecule has 4 nitrogen and oxygen atoms in total. The molecule has 0 amide bonds. The van der Waals surface area contributed by atoms with Crippen molar-refractivity contribution in [3.8, 4) is 0 Å². The molecular weight excluding hydrogens is 352 g/mol. The average molecular weight is 393 g/mol. The summed E-state index contributed by atoms with van der Waals surface area (Å²) < 4.78 is 0. The highest BCUT2D eigenvalue weighted by molar-refractivity contribution is 5.66. The van der Waals surface area contributed by atoms with Crippen molar-refractivity contribution in [1.29, 1.82) is 0 Å². The van der Waals surface area contributed by atoms with Gasteiger partial charge in [-0.1, -0.05) is 20.8 Å². The number of hydrogen-bond acceptors (Lipinski definition) is 3. The molecule has 160 valence electrons. The van der Waals surface area contributed by atoms with Crippen LogP contribution in [-0.2, 0) is 4.79 Å². The maximum Gasteiger partial charge on any atom is 0.303 e. The van der Waals surface area contributed by atoms with Crippen LogP contribution in [0.4, 0.5) is 0 Å². The summed E-state index contributed by atoms with van der Waals surface area (Å²) in [5, 5.41) is 30.4. The SMILES string of the molecule is C[C@H](CCC(=O)O)[C@H]1CC[C@H]2[C@@H]3C[C@H](O)[C@@H]4C[C@H](O)CC[C@]4(C)C3CC[C@]12C. The zero-order valence-electron chi connectivity index (χ0n) is 17.9. The molecule has 4 fully saturated rings. The maximum atomic E-state index is 11.1. The molecule has 1 unspecified atom stereocenters. The van der Waals surface area contributed by atoms with E-state index in [2.05, 4.69) is 20.8 Å². The van der Waals surface area contributed by atoms with Crippen LogP contribution >= 0.6 is 0 Å². The number of carboxylic acids is 1. The number of rotatable bonds is 4. The Balaban J connectivity index is 1.55. The van der Waals surface area contributed by atoms with Gasteiger partial charge in [0.25, 0.3) is 0 Å². The normalized spacial score (nSPS) is 51.7. The highest BCUT2D eigenvalue weighted by Crippen LogP contribution is 2.68. The second kappa shape index (κ2) is 7.27. The van der Waals surface area contributed by atoms with Crippen LogP contribution in [0.2, 0.25) is 0 Å². The third-order valence-electron chi connectivity index (χ3n) is 10.2. The maximum absolute atomic E-state index is 11.1. The van der Waals surface area contributed by atoms with Crippen molar-refractivity contribution in [1.82, 2.24) is 0 Å². The van der Waals surface area contributed by atoms with Crippen molar-refractivity contribution in [2.75, 3.05) is 0 Å². The summed E-state index contributed by atoms with van der Waals surface area (Å²) in [4.78, 5) is 11.1. The van der Waals surface area contributed by atoms with E-state index in [0.29, 0.717) is 35.0 Å². The van der Waals surface area contributed by atoms with Crippen molar-refractivity contribution in [3.63, 3.8) is 0 Å². The molecular formula is C24H40O4. The Hall–Kier alpha value is -0.610.